The molecular formula is C15H17NO5S. The third kappa shape index (κ3) is 2.99. The summed E-state index contributed by atoms with van der Waals surface area (Å²) < 4.78 is 15.9. The summed E-state index contributed by atoms with van der Waals surface area (Å²) in [5.74, 6) is 2.12. The van der Waals surface area contributed by atoms with E-state index < -0.39 is 6.04 Å². The van der Waals surface area contributed by atoms with Crippen LogP contribution in [0.2, 0.25) is 0 Å². The van der Waals surface area contributed by atoms with Gasteiger partial charge in [0.1, 0.15) is 12.6 Å². The standard InChI is InChI=1S/C15H17NO5S/c1-2-14(17)16-8-22-7-11(16)15(18)19-6-10-3-4-12-13(5-10)21-9-20-12/h3-5,11H,2,6-9H2,1H3. The molecule has 1 atom stereocenters. The van der Waals surface area contributed by atoms with Crippen LogP contribution in [-0.2, 0) is 20.9 Å². The lowest BCUT2D eigenvalue weighted by atomic mass is 10.2. The van der Waals surface area contributed by atoms with Crippen molar-refractivity contribution in [2.45, 2.75) is 26.0 Å². The number of thioether (sulfide) groups is 1. The molecule has 0 saturated carbocycles. The van der Waals surface area contributed by atoms with Gasteiger partial charge in [-0.1, -0.05) is 13.0 Å². The Morgan fingerprint density at radius 1 is 1.36 bits per heavy atom. The second kappa shape index (κ2) is 6.48. The number of amides is 1. The maximum Gasteiger partial charge on any atom is 0.330 e. The molecule has 6 nitrogen and oxygen atoms in total. The molecule has 1 saturated heterocycles. The summed E-state index contributed by atoms with van der Waals surface area (Å²) in [6.45, 7) is 2.16. The van der Waals surface area contributed by atoms with Crippen molar-refractivity contribution in [2.24, 2.45) is 0 Å². The second-order valence-electron chi connectivity index (χ2n) is 5.03. The highest BCUT2D eigenvalue weighted by atomic mass is 32.2. The molecular weight excluding hydrogens is 306 g/mol. The molecule has 118 valence electrons. The third-order valence-corrected chi connectivity index (χ3v) is 4.61. The van der Waals surface area contributed by atoms with Gasteiger partial charge in [0.25, 0.3) is 0 Å². The molecule has 1 fully saturated rings. The summed E-state index contributed by atoms with van der Waals surface area (Å²) in [4.78, 5) is 25.6. The minimum Gasteiger partial charge on any atom is -0.459 e. The number of rotatable bonds is 4. The molecule has 7 heteroatoms. The Kier molecular flexibility index (Phi) is 4.42. The van der Waals surface area contributed by atoms with Crippen molar-refractivity contribution in [3.63, 3.8) is 0 Å². The van der Waals surface area contributed by atoms with Crippen molar-refractivity contribution in [3.8, 4) is 11.5 Å². The number of hydrogen-bond donors (Lipinski definition) is 0. The summed E-state index contributed by atoms with van der Waals surface area (Å²) in [6, 6.07) is 4.95. The molecule has 0 spiro atoms. The Labute approximate surface area is 132 Å². The van der Waals surface area contributed by atoms with Crippen LogP contribution >= 0.6 is 11.8 Å². The molecule has 0 aromatic heterocycles. The molecule has 1 aromatic carbocycles. The number of carbonyl (C=O) groups is 2. The number of benzene rings is 1. The van der Waals surface area contributed by atoms with Crippen LogP contribution in [0.15, 0.2) is 18.2 Å². The lowest BCUT2D eigenvalue weighted by Crippen LogP contribution is -2.42. The van der Waals surface area contributed by atoms with Gasteiger partial charge < -0.3 is 19.1 Å². The topological polar surface area (TPSA) is 65.1 Å². The number of carbonyl (C=O) groups excluding carboxylic acids is 2. The van der Waals surface area contributed by atoms with Gasteiger partial charge in [0.05, 0.1) is 5.88 Å². The average Bonchev–Trinajstić information content (AvgIpc) is 3.19. The highest BCUT2D eigenvalue weighted by Gasteiger charge is 2.35. The molecule has 1 aromatic rings. The molecule has 1 unspecified atom stereocenters. The summed E-state index contributed by atoms with van der Waals surface area (Å²) in [5.41, 5.74) is 0.830. The van der Waals surface area contributed by atoms with Crippen LogP contribution < -0.4 is 9.47 Å². The van der Waals surface area contributed by atoms with Crippen LogP contribution in [0, 0.1) is 0 Å². The number of hydrogen-bond acceptors (Lipinski definition) is 6. The first-order chi connectivity index (χ1) is 10.7. The van der Waals surface area contributed by atoms with E-state index in [2.05, 4.69) is 0 Å². The molecule has 1 amide bonds. The molecule has 0 bridgehead atoms. The maximum atomic E-state index is 12.2. The van der Waals surface area contributed by atoms with Crippen molar-refractivity contribution in [1.29, 1.82) is 0 Å². The predicted molar refractivity (Wildman–Crippen MR) is 80.6 cm³/mol. The number of ether oxygens (including phenoxy) is 3. The van der Waals surface area contributed by atoms with E-state index >= 15 is 0 Å². The first-order valence-electron chi connectivity index (χ1n) is 7.11. The van der Waals surface area contributed by atoms with Crippen LogP contribution in [0.4, 0.5) is 0 Å². The molecule has 2 aliphatic rings. The van der Waals surface area contributed by atoms with E-state index in [4.69, 9.17) is 14.2 Å². The second-order valence-corrected chi connectivity index (χ2v) is 6.03. The van der Waals surface area contributed by atoms with Gasteiger partial charge >= 0.3 is 5.97 Å². The summed E-state index contributed by atoms with van der Waals surface area (Å²) in [7, 11) is 0. The van der Waals surface area contributed by atoms with Gasteiger partial charge in [0.15, 0.2) is 11.5 Å². The summed E-state index contributed by atoms with van der Waals surface area (Å²) in [5, 5.41) is 0. The van der Waals surface area contributed by atoms with E-state index in [1.54, 1.807) is 35.7 Å². The highest BCUT2D eigenvalue weighted by molar-refractivity contribution is 7.99. The van der Waals surface area contributed by atoms with Gasteiger partial charge in [-0.15, -0.1) is 11.8 Å². The largest absolute Gasteiger partial charge is 0.459 e. The van der Waals surface area contributed by atoms with Gasteiger partial charge in [-0.2, -0.15) is 0 Å². The van der Waals surface area contributed by atoms with E-state index in [9.17, 15) is 9.59 Å². The smallest absolute Gasteiger partial charge is 0.330 e. The number of esters is 1. The van der Waals surface area contributed by atoms with E-state index in [1.165, 1.54) is 0 Å². The highest BCUT2D eigenvalue weighted by Crippen LogP contribution is 2.32. The molecule has 0 aliphatic carbocycles. The molecule has 0 N–H and O–H groups in total. The normalized spacial score (nSPS) is 19.3. The van der Waals surface area contributed by atoms with Crippen molar-refractivity contribution in [2.75, 3.05) is 18.4 Å². The summed E-state index contributed by atoms with van der Waals surface area (Å²) in [6.07, 6.45) is 0.395. The average molecular weight is 323 g/mol. The minimum atomic E-state index is -0.480. The lowest BCUT2D eigenvalue weighted by Gasteiger charge is -2.21. The quantitative estimate of drug-likeness (QED) is 0.787. The van der Waals surface area contributed by atoms with Gasteiger partial charge in [-0.25, -0.2) is 4.79 Å². The Morgan fingerprint density at radius 2 is 2.18 bits per heavy atom. The van der Waals surface area contributed by atoms with Gasteiger partial charge in [0, 0.05) is 12.2 Å². The van der Waals surface area contributed by atoms with E-state index in [1.807, 2.05) is 6.07 Å². The lowest BCUT2D eigenvalue weighted by molar-refractivity contribution is -0.154. The Bertz CT molecular complexity index is 591. The van der Waals surface area contributed by atoms with Crippen LogP contribution in [0.25, 0.3) is 0 Å². The fourth-order valence-electron chi connectivity index (χ4n) is 2.37. The number of nitrogens with zero attached hydrogens (tertiary/aromatic N) is 1. The zero-order chi connectivity index (χ0) is 15.5. The zero-order valence-electron chi connectivity index (χ0n) is 12.2. The van der Waals surface area contributed by atoms with E-state index in [-0.39, 0.29) is 25.3 Å². The Hall–Kier alpha value is -1.89. The third-order valence-electron chi connectivity index (χ3n) is 3.60. The fraction of sp³-hybridized carbons (Fsp3) is 0.467. The van der Waals surface area contributed by atoms with E-state index in [0.717, 1.165) is 5.56 Å². The van der Waals surface area contributed by atoms with Gasteiger partial charge in [0.2, 0.25) is 12.7 Å². The Morgan fingerprint density at radius 3 is 3.00 bits per heavy atom. The van der Waals surface area contributed by atoms with Crippen molar-refractivity contribution in [3.05, 3.63) is 23.8 Å². The number of fused-ring (bicyclic) bond motifs is 1. The van der Waals surface area contributed by atoms with Gasteiger partial charge in [-0.05, 0) is 17.7 Å². The Balaban J connectivity index is 1.59. The molecule has 0 radical (unpaired) electrons. The zero-order valence-corrected chi connectivity index (χ0v) is 13.1. The van der Waals surface area contributed by atoms with Crippen molar-refractivity contribution >= 4 is 23.6 Å². The SMILES string of the molecule is CCC(=O)N1CSCC1C(=O)OCc1ccc2c(c1)OCO2. The molecule has 3 rings (SSSR count). The molecule has 2 heterocycles. The molecule has 2 aliphatic heterocycles. The van der Waals surface area contributed by atoms with E-state index in [0.29, 0.717) is 29.5 Å². The predicted octanol–water partition coefficient (Wildman–Crippen LogP) is 1.77. The first-order valence-corrected chi connectivity index (χ1v) is 8.27. The van der Waals surface area contributed by atoms with Crippen molar-refractivity contribution in [1.82, 2.24) is 4.90 Å². The van der Waals surface area contributed by atoms with Crippen LogP contribution in [0.5, 0.6) is 11.5 Å². The van der Waals surface area contributed by atoms with Crippen molar-refractivity contribution < 1.29 is 23.8 Å². The van der Waals surface area contributed by atoms with Crippen LogP contribution in [0.3, 0.4) is 0 Å². The fourth-order valence-corrected chi connectivity index (χ4v) is 3.53. The van der Waals surface area contributed by atoms with Gasteiger partial charge in [-0.3, -0.25) is 4.79 Å². The van der Waals surface area contributed by atoms with Crippen LogP contribution in [-0.4, -0.2) is 41.2 Å². The first kappa shape index (κ1) is 15.0. The molecule has 22 heavy (non-hydrogen) atoms. The maximum absolute atomic E-state index is 12.2. The monoisotopic (exact) mass is 323 g/mol. The summed E-state index contributed by atoms with van der Waals surface area (Å²) >= 11 is 1.57. The minimum absolute atomic E-state index is 0.0185. The van der Waals surface area contributed by atoms with Crippen LogP contribution in [0.1, 0.15) is 18.9 Å².